The minimum Gasteiger partial charge on any atom is -0.487 e. The lowest BCUT2D eigenvalue weighted by Gasteiger charge is -2.38. The Kier molecular flexibility index (Phi) is 6.94. The van der Waals surface area contributed by atoms with E-state index in [2.05, 4.69) is 22.6 Å². The first-order chi connectivity index (χ1) is 16.5. The van der Waals surface area contributed by atoms with Gasteiger partial charge in [0.25, 0.3) is 0 Å². The Morgan fingerprint density at radius 1 is 1.15 bits per heavy atom. The molecule has 0 aromatic heterocycles. The lowest BCUT2D eigenvalue weighted by atomic mass is 9.84. The second-order valence-electron chi connectivity index (χ2n) is 10.1. The highest BCUT2D eigenvalue weighted by molar-refractivity contribution is 5.89. The maximum Gasteiger partial charge on any atom is 0.319 e. The van der Waals surface area contributed by atoms with E-state index < -0.39 is 6.10 Å². The number of amides is 3. The van der Waals surface area contributed by atoms with Gasteiger partial charge in [-0.25, -0.2) is 4.79 Å². The Morgan fingerprint density at radius 2 is 1.91 bits per heavy atom. The zero-order valence-electron chi connectivity index (χ0n) is 19.9. The van der Waals surface area contributed by atoms with Crippen molar-refractivity contribution in [1.29, 1.82) is 0 Å². The molecular weight excluding hydrogens is 436 g/mol. The van der Waals surface area contributed by atoms with Gasteiger partial charge in [-0.05, 0) is 44.5 Å². The maximum atomic E-state index is 12.9. The van der Waals surface area contributed by atoms with Gasteiger partial charge >= 0.3 is 6.03 Å². The molecule has 1 aromatic rings. The van der Waals surface area contributed by atoms with Crippen LogP contribution in [0.15, 0.2) is 18.2 Å². The minimum absolute atomic E-state index is 0.00540. The summed E-state index contributed by atoms with van der Waals surface area (Å²) in [6, 6.07) is 5.75. The average molecular weight is 473 g/mol. The summed E-state index contributed by atoms with van der Waals surface area (Å²) in [6.45, 7) is 3.07. The Labute approximate surface area is 200 Å². The van der Waals surface area contributed by atoms with Crippen LogP contribution in [-0.2, 0) is 9.53 Å². The number of aliphatic hydroxyl groups excluding tert-OH is 1. The van der Waals surface area contributed by atoms with Crippen LogP contribution >= 0.6 is 0 Å². The van der Waals surface area contributed by atoms with E-state index in [1.165, 1.54) is 0 Å². The smallest absolute Gasteiger partial charge is 0.319 e. The van der Waals surface area contributed by atoms with Gasteiger partial charge in [0.2, 0.25) is 5.91 Å². The van der Waals surface area contributed by atoms with Crippen molar-refractivity contribution in [3.05, 3.63) is 23.8 Å². The number of carbonyl (C=O) groups is 2. The molecule has 3 amide bonds. The van der Waals surface area contributed by atoms with Crippen molar-refractivity contribution in [3.63, 3.8) is 0 Å². The molecule has 3 fully saturated rings. The molecule has 5 rings (SSSR count). The minimum atomic E-state index is -0.487. The molecule has 4 atom stereocenters. The fraction of sp³-hybridized carbons (Fsp3) is 0.680. The fourth-order valence-electron chi connectivity index (χ4n) is 5.77. The number of nitrogens with one attached hydrogen (secondary N) is 2. The number of urea groups is 1. The van der Waals surface area contributed by atoms with Gasteiger partial charge in [-0.3, -0.25) is 4.79 Å². The molecule has 1 saturated carbocycles. The molecule has 186 valence electrons. The van der Waals surface area contributed by atoms with Gasteiger partial charge in [0, 0.05) is 49.4 Å². The van der Waals surface area contributed by atoms with Gasteiger partial charge in [-0.2, -0.15) is 0 Å². The van der Waals surface area contributed by atoms with Gasteiger partial charge in [-0.1, -0.05) is 12.8 Å². The van der Waals surface area contributed by atoms with E-state index in [9.17, 15) is 14.7 Å². The molecule has 3 heterocycles. The molecule has 1 aromatic carbocycles. The van der Waals surface area contributed by atoms with Crippen molar-refractivity contribution in [2.75, 3.05) is 45.2 Å². The number of hydrogen-bond acceptors (Lipinski definition) is 6. The van der Waals surface area contributed by atoms with E-state index in [0.29, 0.717) is 12.8 Å². The van der Waals surface area contributed by atoms with Crippen molar-refractivity contribution in [1.82, 2.24) is 15.1 Å². The van der Waals surface area contributed by atoms with Crippen LogP contribution < -0.4 is 15.4 Å². The second-order valence-corrected chi connectivity index (χ2v) is 10.1. The number of hydrogen-bond donors (Lipinski definition) is 3. The average Bonchev–Trinajstić information content (AvgIpc) is 3.46. The quantitative estimate of drug-likeness (QED) is 0.605. The van der Waals surface area contributed by atoms with Gasteiger partial charge < -0.3 is 35.0 Å². The van der Waals surface area contributed by atoms with E-state index in [4.69, 9.17) is 9.47 Å². The largest absolute Gasteiger partial charge is 0.487 e. The second kappa shape index (κ2) is 10.1. The monoisotopic (exact) mass is 472 g/mol. The Morgan fingerprint density at radius 3 is 2.65 bits per heavy atom. The number of anilines is 1. The molecule has 2 saturated heterocycles. The highest BCUT2D eigenvalue weighted by Crippen LogP contribution is 2.47. The number of piperazine rings is 1. The number of carbonyl (C=O) groups excluding carboxylic acids is 2. The van der Waals surface area contributed by atoms with Crippen LogP contribution in [-0.4, -0.2) is 91.0 Å². The topological polar surface area (TPSA) is 103 Å². The molecule has 0 radical (unpaired) electrons. The molecule has 1 aliphatic carbocycles. The van der Waals surface area contributed by atoms with Crippen LogP contribution in [0.3, 0.4) is 0 Å². The SMILES string of the molecule is CN1CCN(C(=O)C[C@H]2C[C@H]3c4cc(NC(=O)NC5CCCC5)ccc4O[C@H]3[C@H](CO)O2)CC1. The fourth-order valence-corrected chi connectivity index (χ4v) is 5.77. The maximum absolute atomic E-state index is 12.9. The molecule has 3 N–H and O–H groups in total. The lowest BCUT2D eigenvalue weighted by molar-refractivity contribution is -0.150. The summed E-state index contributed by atoms with van der Waals surface area (Å²) in [6.07, 6.45) is 4.29. The van der Waals surface area contributed by atoms with Crippen LogP contribution in [0.2, 0.25) is 0 Å². The van der Waals surface area contributed by atoms with Crippen LogP contribution in [0, 0.1) is 0 Å². The molecular formula is C25H36N4O5. The first-order valence-corrected chi connectivity index (χ1v) is 12.6. The van der Waals surface area contributed by atoms with Gasteiger partial charge in [0.05, 0.1) is 19.1 Å². The van der Waals surface area contributed by atoms with E-state index >= 15 is 0 Å². The van der Waals surface area contributed by atoms with Crippen molar-refractivity contribution < 1.29 is 24.2 Å². The number of aliphatic hydroxyl groups is 1. The van der Waals surface area contributed by atoms with E-state index in [-0.39, 0.29) is 42.7 Å². The van der Waals surface area contributed by atoms with Gasteiger partial charge in [0.1, 0.15) is 18.0 Å². The Bertz CT molecular complexity index is 897. The molecule has 0 bridgehead atoms. The standard InChI is InChI=1S/C25H36N4O5/c1-28-8-10-29(11-9-28)23(31)14-18-13-20-19-12-17(27-25(32)26-16-4-2-3-5-16)6-7-21(19)34-24(20)22(15-30)33-18/h6-7,12,16,18,20,22,24,30H,2-5,8-11,13-15H2,1H3,(H2,26,27,32)/t18-,20+,22+,24-/m1/s1. The van der Waals surface area contributed by atoms with E-state index in [1.807, 2.05) is 23.1 Å². The van der Waals surface area contributed by atoms with Crippen LogP contribution in [0.5, 0.6) is 5.75 Å². The number of ether oxygens (including phenoxy) is 2. The number of rotatable bonds is 5. The molecule has 3 aliphatic heterocycles. The van der Waals surface area contributed by atoms with Gasteiger partial charge in [-0.15, -0.1) is 0 Å². The summed E-state index contributed by atoms with van der Waals surface area (Å²) < 4.78 is 12.3. The zero-order chi connectivity index (χ0) is 23.7. The van der Waals surface area contributed by atoms with Crippen LogP contribution in [0.25, 0.3) is 0 Å². The first kappa shape index (κ1) is 23.4. The third-order valence-corrected chi connectivity index (χ3v) is 7.71. The van der Waals surface area contributed by atoms with Crippen molar-refractivity contribution in [3.8, 4) is 5.75 Å². The normalized spacial score (nSPS) is 29.3. The lowest BCUT2D eigenvalue weighted by Crippen LogP contribution is -2.50. The van der Waals surface area contributed by atoms with Crippen molar-refractivity contribution in [2.45, 2.75) is 68.8 Å². The third kappa shape index (κ3) is 5.01. The summed E-state index contributed by atoms with van der Waals surface area (Å²) in [7, 11) is 2.07. The molecule has 0 spiro atoms. The molecule has 9 heteroatoms. The highest BCUT2D eigenvalue weighted by atomic mass is 16.6. The summed E-state index contributed by atoms with van der Waals surface area (Å²) in [4.78, 5) is 29.5. The summed E-state index contributed by atoms with van der Waals surface area (Å²) >= 11 is 0. The number of fused-ring (bicyclic) bond motifs is 3. The van der Waals surface area contributed by atoms with Gasteiger partial charge in [0.15, 0.2) is 0 Å². The number of nitrogens with zero attached hydrogens (tertiary/aromatic N) is 2. The molecule has 34 heavy (non-hydrogen) atoms. The Hall–Kier alpha value is -2.36. The summed E-state index contributed by atoms with van der Waals surface area (Å²) in [5.74, 6) is 0.863. The number of likely N-dealkylation sites (N-methyl/N-ethyl adjacent to an activating group) is 1. The van der Waals surface area contributed by atoms with Crippen molar-refractivity contribution in [2.24, 2.45) is 0 Å². The van der Waals surface area contributed by atoms with Crippen molar-refractivity contribution >= 4 is 17.6 Å². The highest BCUT2D eigenvalue weighted by Gasteiger charge is 2.46. The molecule has 9 nitrogen and oxygen atoms in total. The Balaban J connectivity index is 1.25. The van der Waals surface area contributed by atoms with Crippen LogP contribution in [0.1, 0.15) is 50.0 Å². The van der Waals surface area contributed by atoms with E-state index in [1.54, 1.807) is 0 Å². The predicted octanol–water partition coefficient (Wildman–Crippen LogP) is 1.91. The van der Waals surface area contributed by atoms with E-state index in [0.717, 1.165) is 68.9 Å². The summed E-state index contributed by atoms with van der Waals surface area (Å²) in [5.41, 5.74) is 1.72. The first-order valence-electron chi connectivity index (χ1n) is 12.6. The number of benzene rings is 1. The predicted molar refractivity (Wildman–Crippen MR) is 127 cm³/mol. The van der Waals surface area contributed by atoms with Crippen LogP contribution in [0.4, 0.5) is 10.5 Å². The molecule has 4 aliphatic rings. The zero-order valence-corrected chi connectivity index (χ0v) is 19.9. The third-order valence-electron chi connectivity index (χ3n) is 7.71. The summed E-state index contributed by atoms with van der Waals surface area (Å²) in [5, 5.41) is 16.0. The molecule has 0 unspecified atom stereocenters.